The number of carbonyl (C=O) groups is 1. The maximum Gasteiger partial charge on any atom is 0.416 e. The summed E-state index contributed by atoms with van der Waals surface area (Å²) in [5, 5.41) is 6.30. The zero-order valence-electron chi connectivity index (χ0n) is 21.7. The Labute approximate surface area is 213 Å². The molecular weight excluding hydrogens is 477 g/mol. The quantitative estimate of drug-likeness (QED) is 0.312. The Kier molecular flexibility index (Phi) is 17.0. The Hall–Kier alpha value is -2.19. The molecule has 0 saturated carbocycles. The van der Waals surface area contributed by atoms with Crippen molar-refractivity contribution >= 4 is 23.7 Å². The highest BCUT2D eigenvalue weighted by Gasteiger charge is 2.30. The first kappa shape index (κ1) is 32.8. The molecule has 2 N–H and O–H groups in total. The third-order valence-electron chi connectivity index (χ3n) is 4.98. The molecule has 0 aliphatic carbocycles. The number of aromatic nitrogens is 2. The van der Waals surface area contributed by atoms with E-state index in [1.54, 1.807) is 6.07 Å². The van der Waals surface area contributed by atoms with Crippen molar-refractivity contribution in [3.8, 4) is 0 Å². The molecule has 1 aromatic heterocycles. The average Bonchev–Trinajstić information content (AvgIpc) is 2.90. The summed E-state index contributed by atoms with van der Waals surface area (Å²) in [6.07, 6.45) is 1.54. The van der Waals surface area contributed by atoms with Crippen molar-refractivity contribution in [1.82, 2.24) is 15.3 Å². The highest BCUT2D eigenvalue weighted by atomic mass is 35.5. The number of aryl methyl sites for hydroxylation is 1. The molecule has 0 radical (unpaired) electrons. The van der Waals surface area contributed by atoms with Crippen molar-refractivity contribution in [3.63, 3.8) is 0 Å². The van der Waals surface area contributed by atoms with E-state index in [0.29, 0.717) is 24.2 Å². The van der Waals surface area contributed by atoms with Crippen molar-refractivity contribution in [2.75, 3.05) is 11.9 Å². The van der Waals surface area contributed by atoms with Crippen LogP contribution in [0.25, 0.3) is 0 Å². The number of alkyl halides is 3. The molecule has 0 bridgehead atoms. The number of anilines is 1. The van der Waals surface area contributed by atoms with Crippen molar-refractivity contribution in [2.45, 2.75) is 92.4 Å². The monoisotopic (exact) mass is 516 g/mol. The number of hydrogen-bond acceptors (Lipinski definition) is 5. The number of piperidine rings is 1. The first-order valence-corrected chi connectivity index (χ1v) is 12.8. The molecule has 1 aromatic carbocycles. The fourth-order valence-electron chi connectivity index (χ4n) is 3.35. The molecule has 5 nitrogen and oxygen atoms in total. The molecule has 0 amide bonds. The van der Waals surface area contributed by atoms with E-state index in [4.69, 9.17) is 11.6 Å². The molecular formula is C26H40ClF3N4O. The van der Waals surface area contributed by atoms with Gasteiger partial charge in [-0.1, -0.05) is 60.1 Å². The minimum Gasteiger partial charge on any atom is -0.366 e. The number of aldehydes is 1. The van der Waals surface area contributed by atoms with Crippen molar-refractivity contribution in [1.29, 1.82) is 0 Å². The summed E-state index contributed by atoms with van der Waals surface area (Å²) in [7, 11) is 0. The van der Waals surface area contributed by atoms with E-state index in [1.807, 2.05) is 41.5 Å². The summed E-state index contributed by atoms with van der Waals surface area (Å²) in [6.45, 7) is 13.2. The number of nitrogens with one attached hydrogen (secondary N) is 2. The minimum absolute atomic E-state index is 0.130. The van der Waals surface area contributed by atoms with E-state index in [0.717, 1.165) is 42.6 Å². The lowest BCUT2D eigenvalue weighted by Crippen LogP contribution is -2.34. The molecule has 0 spiro atoms. The molecule has 2 heterocycles. The van der Waals surface area contributed by atoms with E-state index >= 15 is 0 Å². The number of hydrogen-bond donors (Lipinski definition) is 2. The fraction of sp³-hybridized carbons (Fsp3) is 0.577. The van der Waals surface area contributed by atoms with Crippen molar-refractivity contribution in [2.24, 2.45) is 0 Å². The van der Waals surface area contributed by atoms with E-state index < -0.39 is 11.7 Å². The predicted molar refractivity (Wildman–Crippen MR) is 139 cm³/mol. The van der Waals surface area contributed by atoms with Gasteiger partial charge in [-0.2, -0.15) is 13.2 Å². The van der Waals surface area contributed by atoms with Gasteiger partial charge in [-0.15, -0.1) is 0 Å². The molecule has 1 unspecified atom stereocenters. The Morgan fingerprint density at radius 1 is 1.11 bits per heavy atom. The van der Waals surface area contributed by atoms with Crippen LogP contribution < -0.4 is 10.6 Å². The molecule has 1 aliphatic heterocycles. The maximum absolute atomic E-state index is 12.7. The van der Waals surface area contributed by atoms with Crippen molar-refractivity contribution in [3.05, 3.63) is 51.9 Å². The predicted octanol–water partition coefficient (Wildman–Crippen LogP) is 7.27. The molecule has 2 aromatic rings. The van der Waals surface area contributed by atoms with Gasteiger partial charge in [0.05, 0.1) is 17.3 Å². The zero-order valence-corrected chi connectivity index (χ0v) is 22.5. The normalized spacial score (nSPS) is 14.7. The molecule has 35 heavy (non-hydrogen) atoms. The third-order valence-corrected chi connectivity index (χ3v) is 5.15. The standard InChI is InChI=1S/C16H17ClF3N3.C6H11NO.2C2H6/c1-3-12-13(4-2)22-15(17)23-14(12)21-9-10-6-5-7-11(8-10)16(18,19)20;8-5-6-3-1-2-4-7-6;2*1-2/h5-8H,3-4,9H2,1-2H3,(H,21,22,23);5-7H,1-4H2;2*1-2H3. The Balaban J connectivity index is 0.000000801. The summed E-state index contributed by atoms with van der Waals surface area (Å²) in [4.78, 5) is 18.4. The van der Waals surface area contributed by atoms with Gasteiger partial charge >= 0.3 is 6.18 Å². The smallest absolute Gasteiger partial charge is 0.366 e. The van der Waals surface area contributed by atoms with E-state index in [1.165, 1.54) is 18.9 Å². The minimum atomic E-state index is -4.35. The van der Waals surface area contributed by atoms with Gasteiger partial charge in [-0.25, -0.2) is 9.97 Å². The van der Waals surface area contributed by atoms with Gasteiger partial charge in [0.2, 0.25) is 5.28 Å². The lowest BCUT2D eigenvalue weighted by Gasteiger charge is -2.17. The second-order valence-corrected chi connectivity index (χ2v) is 7.56. The number of carbonyl (C=O) groups excluding carboxylic acids is 1. The van der Waals surface area contributed by atoms with Crippen LogP contribution in [0.3, 0.4) is 0 Å². The van der Waals surface area contributed by atoms with Crippen LogP contribution in [0.5, 0.6) is 0 Å². The topological polar surface area (TPSA) is 66.9 Å². The van der Waals surface area contributed by atoms with Gasteiger partial charge in [-0.3, -0.25) is 0 Å². The van der Waals surface area contributed by atoms with Crippen LogP contribution in [0.1, 0.15) is 83.2 Å². The van der Waals surface area contributed by atoms with Crippen LogP contribution in [-0.2, 0) is 30.4 Å². The first-order chi connectivity index (χ1) is 16.8. The van der Waals surface area contributed by atoms with Crippen LogP contribution in [0, 0.1) is 0 Å². The summed E-state index contributed by atoms with van der Waals surface area (Å²) in [6, 6.07) is 5.37. The van der Waals surface area contributed by atoms with Crippen LogP contribution >= 0.6 is 11.6 Å². The second kappa shape index (κ2) is 18.1. The Morgan fingerprint density at radius 2 is 1.80 bits per heavy atom. The second-order valence-electron chi connectivity index (χ2n) is 7.22. The zero-order chi connectivity index (χ0) is 26.9. The maximum atomic E-state index is 12.7. The van der Waals surface area contributed by atoms with Crippen LogP contribution in [0.4, 0.5) is 19.0 Å². The number of halogens is 4. The van der Waals surface area contributed by atoms with Gasteiger partial charge in [0.15, 0.2) is 0 Å². The summed E-state index contributed by atoms with van der Waals surface area (Å²) >= 11 is 5.91. The van der Waals surface area contributed by atoms with E-state index in [-0.39, 0.29) is 17.9 Å². The first-order valence-electron chi connectivity index (χ1n) is 12.4. The molecule has 1 aliphatic rings. The number of nitrogens with zero attached hydrogens (tertiary/aromatic N) is 2. The third kappa shape index (κ3) is 11.9. The van der Waals surface area contributed by atoms with Gasteiger partial charge in [0.1, 0.15) is 12.1 Å². The Bertz CT molecular complexity index is 857. The number of benzene rings is 1. The highest BCUT2D eigenvalue weighted by Crippen LogP contribution is 2.30. The fourth-order valence-corrected chi connectivity index (χ4v) is 3.54. The lowest BCUT2D eigenvalue weighted by atomic mass is 10.1. The van der Waals surface area contributed by atoms with E-state index in [2.05, 4.69) is 20.6 Å². The SMILES string of the molecule is CC.CC.CCc1nc(Cl)nc(NCc2cccc(C(F)(F)F)c2)c1CC.O=CC1CCCCN1. The number of rotatable bonds is 6. The average molecular weight is 517 g/mol. The molecule has 1 saturated heterocycles. The van der Waals surface area contributed by atoms with Crippen LogP contribution in [0.2, 0.25) is 5.28 Å². The van der Waals surface area contributed by atoms with Gasteiger partial charge in [0, 0.05) is 12.1 Å². The summed E-state index contributed by atoms with van der Waals surface area (Å²) in [5.41, 5.74) is 1.64. The Morgan fingerprint density at radius 3 is 2.29 bits per heavy atom. The van der Waals surface area contributed by atoms with Gasteiger partial charge in [0.25, 0.3) is 0 Å². The van der Waals surface area contributed by atoms with Crippen molar-refractivity contribution < 1.29 is 18.0 Å². The molecule has 3 rings (SSSR count). The molecule has 1 atom stereocenters. The van der Waals surface area contributed by atoms with Gasteiger partial charge in [-0.05, 0) is 61.5 Å². The molecule has 9 heteroatoms. The van der Waals surface area contributed by atoms with Gasteiger partial charge < -0.3 is 15.4 Å². The lowest BCUT2D eigenvalue weighted by molar-refractivity contribution is -0.137. The largest absolute Gasteiger partial charge is 0.416 e. The molecule has 1 fully saturated rings. The summed E-state index contributed by atoms with van der Waals surface area (Å²) < 4.78 is 38.2. The summed E-state index contributed by atoms with van der Waals surface area (Å²) in [5.74, 6) is 0.571. The molecule has 198 valence electrons. The van der Waals surface area contributed by atoms with Crippen LogP contribution in [0.15, 0.2) is 24.3 Å². The van der Waals surface area contributed by atoms with Crippen LogP contribution in [-0.4, -0.2) is 28.8 Å². The van der Waals surface area contributed by atoms with E-state index in [9.17, 15) is 18.0 Å². The highest BCUT2D eigenvalue weighted by molar-refractivity contribution is 6.28.